The molecule has 3 aliphatic heterocycles. The Morgan fingerprint density at radius 3 is 2.36 bits per heavy atom. The van der Waals surface area contributed by atoms with Crippen LogP contribution in [-0.2, 0) is 14.3 Å². The van der Waals surface area contributed by atoms with E-state index in [1.165, 1.54) is 12.1 Å². The van der Waals surface area contributed by atoms with E-state index in [2.05, 4.69) is 15.1 Å². The Balaban J connectivity index is 1.51. The molecule has 12 heteroatoms. The number of likely N-dealkylation sites (N-methyl/N-ethyl adjacent to an activating group) is 1. The molecule has 2 saturated heterocycles. The number of ether oxygens (including phenoxy) is 2. The number of likely N-dealkylation sites (tertiary alicyclic amines) is 1. The van der Waals surface area contributed by atoms with Crippen molar-refractivity contribution in [3.8, 4) is 0 Å². The lowest BCUT2D eigenvalue weighted by molar-refractivity contribution is -0.151. The molecule has 11 nitrogen and oxygen atoms in total. The lowest BCUT2D eigenvalue weighted by atomic mass is 9.91. The van der Waals surface area contributed by atoms with Crippen molar-refractivity contribution >= 4 is 29.9 Å². The van der Waals surface area contributed by atoms with Gasteiger partial charge in [-0.05, 0) is 94.8 Å². The number of aliphatic hydroxyl groups is 1. The Hall–Kier alpha value is -3.64. The van der Waals surface area contributed by atoms with E-state index in [1.54, 1.807) is 4.90 Å². The average molecular weight is 700 g/mol. The van der Waals surface area contributed by atoms with Gasteiger partial charge < -0.3 is 39.5 Å². The Bertz CT molecular complexity index is 1370. The van der Waals surface area contributed by atoms with E-state index in [0.29, 0.717) is 50.2 Å². The minimum atomic E-state index is -0.889. The first-order valence-electron chi connectivity index (χ1n) is 18.2. The third-order valence-corrected chi connectivity index (χ3v) is 10.1. The van der Waals surface area contributed by atoms with E-state index in [4.69, 9.17) is 9.47 Å². The third-order valence-electron chi connectivity index (χ3n) is 10.1. The molecule has 0 bridgehead atoms. The average Bonchev–Trinajstić information content (AvgIpc) is 3.06. The molecule has 2 fully saturated rings. The summed E-state index contributed by atoms with van der Waals surface area (Å²) in [4.78, 5) is 46.4. The van der Waals surface area contributed by atoms with Gasteiger partial charge in [0.2, 0.25) is 0 Å². The molecule has 50 heavy (non-hydrogen) atoms. The number of nitrogens with one attached hydrogen (secondary N) is 1. The van der Waals surface area contributed by atoms with Gasteiger partial charge in [0.1, 0.15) is 18.0 Å². The lowest BCUT2D eigenvalue weighted by Gasteiger charge is -2.38. The normalized spacial score (nSPS) is 27.2. The number of piperidine rings is 1. The molecule has 2 N–H and O–H groups in total. The standard InChI is InChI=1S/C38H58FN5O6/c1-25(2)40-37(47)43-14-12-31(13-15-43)42(7)32-22-29(21-30(39)23-32)20-28(5)36-27(4)9-11-34(26(3)8-10-33(45)24-35(46)50-36)49-38(48)44-18-16-41(6)17-19-44/h9,11,20-23,25-27,31,33-34,36,45H,8,10,12-19,24H2,1-7H3,(H,40,47)/b11-9+,28-20+/t26-,27+,33+,34+,36+/m1/s1. The zero-order valence-electron chi connectivity index (χ0n) is 30.9. The largest absolute Gasteiger partial charge is 0.457 e. The van der Waals surface area contributed by atoms with Crippen molar-refractivity contribution in [1.29, 1.82) is 0 Å². The van der Waals surface area contributed by atoms with Crippen LogP contribution in [-0.4, -0.2) is 122 Å². The minimum Gasteiger partial charge on any atom is -0.457 e. The van der Waals surface area contributed by atoms with Crippen LogP contribution in [0.25, 0.3) is 6.08 Å². The highest BCUT2D eigenvalue weighted by Gasteiger charge is 2.30. The maximum absolute atomic E-state index is 15.1. The number of hydrogen-bond donors (Lipinski definition) is 2. The number of nitrogens with zero attached hydrogens (tertiary/aromatic N) is 4. The molecule has 1 aromatic rings. The number of cyclic esters (lactones) is 1. The number of hydrogen-bond acceptors (Lipinski definition) is 8. The van der Waals surface area contributed by atoms with Crippen LogP contribution in [0.5, 0.6) is 0 Å². The summed E-state index contributed by atoms with van der Waals surface area (Å²) in [6.45, 7) is 13.7. The number of esters is 1. The highest BCUT2D eigenvalue weighted by atomic mass is 19.1. The predicted octanol–water partition coefficient (Wildman–Crippen LogP) is 5.29. The van der Waals surface area contributed by atoms with Crippen LogP contribution in [0.15, 0.2) is 35.9 Å². The molecule has 4 rings (SSSR count). The molecule has 1 aromatic carbocycles. The van der Waals surface area contributed by atoms with Gasteiger partial charge in [0.05, 0.1) is 12.5 Å². The zero-order valence-corrected chi connectivity index (χ0v) is 30.9. The quantitative estimate of drug-likeness (QED) is 0.305. The summed E-state index contributed by atoms with van der Waals surface area (Å²) in [6, 6.07) is 5.04. The van der Waals surface area contributed by atoms with Crippen molar-refractivity contribution in [2.75, 3.05) is 58.3 Å². The summed E-state index contributed by atoms with van der Waals surface area (Å²) < 4.78 is 27.1. The fourth-order valence-corrected chi connectivity index (χ4v) is 6.86. The lowest BCUT2D eigenvalue weighted by Crippen LogP contribution is -2.50. The molecular weight excluding hydrogens is 641 g/mol. The molecule has 5 atom stereocenters. The predicted molar refractivity (Wildman–Crippen MR) is 193 cm³/mol. The molecular formula is C38H58FN5O6. The summed E-state index contributed by atoms with van der Waals surface area (Å²) in [6.07, 6.45) is 5.49. The second kappa shape index (κ2) is 18.0. The van der Waals surface area contributed by atoms with Gasteiger partial charge in [-0.2, -0.15) is 0 Å². The van der Waals surface area contributed by atoms with Crippen LogP contribution in [0.1, 0.15) is 72.3 Å². The Labute approximate surface area is 297 Å². The summed E-state index contributed by atoms with van der Waals surface area (Å²) in [7, 11) is 3.98. The maximum Gasteiger partial charge on any atom is 0.410 e. The number of aliphatic hydroxyl groups excluding tert-OH is 1. The van der Waals surface area contributed by atoms with Crippen molar-refractivity contribution in [1.82, 2.24) is 20.0 Å². The fourth-order valence-electron chi connectivity index (χ4n) is 6.86. The molecule has 0 radical (unpaired) electrons. The van der Waals surface area contributed by atoms with E-state index < -0.39 is 24.3 Å². The first kappa shape index (κ1) is 39.2. The Morgan fingerprint density at radius 2 is 1.70 bits per heavy atom. The molecule has 0 aliphatic carbocycles. The van der Waals surface area contributed by atoms with Gasteiger partial charge in [-0.1, -0.05) is 26.0 Å². The molecule has 278 valence electrons. The van der Waals surface area contributed by atoms with Crippen LogP contribution in [0.3, 0.4) is 0 Å². The third kappa shape index (κ3) is 11.2. The number of urea groups is 1. The Kier molecular flexibility index (Phi) is 14.1. The van der Waals surface area contributed by atoms with Crippen LogP contribution in [0.4, 0.5) is 19.7 Å². The molecule has 0 aromatic heterocycles. The molecule has 3 heterocycles. The highest BCUT2D eigenvalue weighted by Crippen LogP contribution is 2.29. The summed E-state index contributed by atoms with van der Waals surface area (Å²) in [5.74, 6) is -1.28. The SMILES string of the molecule is C/C(=C\c1cc(F)cc(N(C)C2CCN(C(=O)NC(C)C)CC2)c1)[C@H]1OC(=O)C[C@@H](O)CC[C@@H](C)[C@@H](OC(=O)N2CCN(C)CC2)/C=C/[C@@H]1C. The summed E-state index contributed by atoms with van der Waals surface area (Å²) in [5.41, 5.74) is 2.06. The highest BCUT2D eigenvalue weighted by molar-refractivity contribution is 5.74. The fraction of sp³-hybridized carbons (Fsp3) is 0.658. The summed E-state index contributed by atoms with van der Waals surface area (Å²) >= 11 is 0. The number of benzene rings is 1. The van der Waals surface area contributed by atoms with Crippen LogP contribution in [0, 0.1) is 17.7 Å². The van der Waals surface area contributed by atoms with Gasteiger partial charge in [0.15, 0.2) is 0 Å². The minimum absolute atomic E-state index is 0.0579. The van der Waals surface area contributed by atoms with Crippen LogP contribution < -0.4 is 10.2 Å². The first-order chi connectivity index (χ1) is 23.7. The van der Waals surface area contributed by atoms with Gasteiger partial charge in [0.25, 0.3) is 0 Å². The first-order valence-corrected chi connectivity index (χ1v) is 18.2. The second-order valence-corrected chi connectivity index (χ2v) is 14.8. The number of rotatable bonds is 6. The smallest absolute Gasteiger partial charge is 0.410 e. The van der Waals surface area contributed by atoms with Crippen molar-refractivity contribution < 1.29 is 33.4 Å². The zero-order chi connectivity index (χ0) is 36.5. The van der Waals surface area contributed by atoms with Gasteiger partial charge >= 0.3 is 18.1 Å². The molecule has 0 unspecified atom stereocenters. The van der Waals surface area contributed by atoms with Crippen LogP contribution in [0.2, 0.25) is 0 Å². The monoisotopic (exact) mass is 699 g/mol. The molecule has 3 amide bonds. The van der Waals surface area contributed by atoms with Crippen molar-refractivity contribution in [3.05, 3.63) is 47.3 Å². The van der Waals surface area contributed by atoms with Gasteiger partial charge in [-0.25, -0.2) is 14.0 Å². The van der Waals surface area contributed by atoms with E-state index >= 15 is 4.39 Å². The molecule has 3 aliphatic rings. The maximum atomic E-state index is 15.1. The van der Waals surface area contributed by atoms with E-state index in [1.807, 2.05) is 77.9 Å². The van der Waals surface area contributed by atoms with Crippen molar-refractivity contribution in [2.24, 2.45) is 11.8 Å². The second-order valence-electron chi connectivity index (χ2n) is 14.8. The topological polar surface area (TPSA) is 115 Å². The van der Waals surface area contributed by atoms with E-state index in [-0.39, 0.29) is 48.3 Å². The van der Waals surface area contributed by atoms with Gasteiger partial charge in [-0.15, -0.1) is 0 Å². The number of amides is 3. The molecule has 0 saturated carbocycles. The number of halogens is 1. The van der Waals surface area contributed by atoms with E-state index in [0.717, 1.165) is 31.6 Å². The van der Waals surface area contributed by atoms with Crippen LogP contribution >= 0.6 is 0 Å². The number of carbonyl (C=O) groups excluding carboxylic acids is 3. The molecule has 0 spiro atoms. The summed E-state index contributed by atoms with van der Waals surface area (Å²) in [5, 5.41) is 13.6. The Morgan fingerprint density at radius 1 is 1.02 bits per heavy atom. The number of anilines is 1. The van der Waals surface area contributed by atoms with Gasteiger partial charge in [0, 0.05) is 70.0 Å². The van der Waals surface area contributed by atoms with Gasteiger partial charge in [-0.3, -0.25) is 4.79 Å². The number of carbonyl (C=O) groups is 3. The van der Waals surface area contributed by atoms with E-state index in [9.17, 15) is 19.5 Å². The number of piperazine rings is 1. The van der Waals surface area contributed by atoms with Crippen molar-refractivity contribution in [3.63, 3.8) is 0 Å². The van der Waals surface area contributed by atoms with Crippen molar-refractivity contribution in [2.45, 2.75) is 97.1 Å².